The standard InChI is InChI=1S/C15H14BrFO3/c1-9(18)15-13(19-2)4-3-5-14(15)20-10-6-7-11(16)12(17)8-10/h3-9,18H,1-2H3/t9-/m0/s1. The van der Waals surface area contributed by atoms with Gasteiger partial charge in [0.1, 0.15) is 23.1 Å². The Morgan fingerprint density at radius 1 is 1.20 bits per heavy atom. The SMILES string of the molecule is COc1cccc(Oc2ccc(Br)c(F)c2)c1[C@H](C)O. The van der Waals surface area contributed by atoms with E-state index >= 15 is 0 Å². The highest BCUT2D eigenvalue weighted by atomic mass is 79.9. The van der Waals surface area contributed by atoms with Gasteiger partial charge in [0.25, 0.3) is 0 Å². The van der Waals surface area contributed by atoms with Crippen LogP contribution >= 0.6 is 15.9 Å². The van der Waals surface area contributed by atoms with Crippen LogP contribution in [-0.4, -0.2) is 12.2 Å². The fraction of sp³-hybridized carbons (Fsp3) is 0.200. The topological polar surface area (TPSA) is 38.7 Å². The molecule has 0 unspecified atom stereocenters. The van der Waals surface area contributed by atoms with Crippen molar-refractivity contribution >= 4 is 15.9 Å². The first-order valence-electron chi connectivity index (χ1n) is 6.00. The molecule has 0 bridgehead atoms. The average Bonchev–Trinajstić information content (AvgIpc) is 2.42. The summed E-state index contributed by atoms with van der Waals surface area (Å²) in [6, 6.07) is 9.65. The van der Waals surface area contributed by atoms with Crippen LogP contribution in [0.1, 0.15) is 18.6 Å². The first-order valence-corrected chi connectivity index (χ1v) is 6.80. The zero-order valence-electron chi connectivity index (χ0n) is 11.1. The lowest BCUT2D eigenvalue weighted by molar-refractivity contribution is 0.190. The Kier molecular flexibility index (Phi) is 4.62. The number of benzene rings is 2. The number of rotatable bonds is 4. The molecule has 2 aromatic carbocycles. The Bertz CT molecular complexity index is 614. The number of aliphatic hydroxyl groups excluding tert-OH is 1. The minimum Gasteiger partial charge on any atom is -0.496 e. The molecule has 0 aliphatic carbocycles. The van der Waals surface area contributed by atoms with Gasteiger partial charge in [0.05, 0.1) is 23.2 Å². The molecule has 0 saturated heterocycles. The van der Waals surface area contributed by atoms with Crippen LogP contribution in [-0.2, 0) is 0 Å². The summed E-state index contributed by atoms with van der Waals surface area (Å²) in [7, 11) is 1.52. The average molecular weight is 341 g/mol. The number of ether oxygens (including phenoxy) is 2. The van der Waals surface area contributed by atoms with Crippen LogP contribution in [0.3, 0.4) is 0 Å². The van der Waals surface area contributed by atoms with E-state index in [-0.39, 0.29) is 0 Å². The lowest BCUT2D eigenvalue weighted by atomic mass is 10.1. The molecule has 2 aromatic rings. The van der Waals surface area contributed by atoms with Crippen molar-refractivity contribution in [2.24, 2.45) is 0 Å². The molecule has 0 aliphatic heterocycles. The van der Waals surface area contributed by atoms with Gasteiger partial charge < -0.3 is 14.6 Å². The van der Waals surface area contributed by atoms with Crippen molar-refractivity contribution in [3.05, 3.63) is 52.3 Å². The lowest BCUT2D eigenvalue weighted by Crippen LogP contribution is -2.00. The van der Waals surface area contributed by atoms with E-state index in [0.717, 1.165) is 0 Å². The van der Waals surface area contributed by atoms with Crippen molar-refractivity contribution < 1.29 is 19.0 Å². The maximum Gasteiger partial charge on any atom is 0.141 e. The highest BCUT2D eigenvalue weighted by Crippen LogP contribution is 2.36. The van der Waals surface area contributed by atoms with Crippen LogP contribution in [0.4, 0.5) is 4.39 Å². The van der Waals surface area contributed by atoms with E-state index in [2.05, 4.69) is 15.9 Å². The summed E-state index contributed by atoms with van der Waals surface area (Å²) in [4.78, 5) is 0. The highest BCUT2D eigenvalue weighted by molar-refractivity contribution is 9.10. The summed E-state index contributed by atoms with van der Waals surface area (Å²) in [6.45, 7) is 1.62. The number of halogens is 2. The Hall–Kier alpha value is -1.59. The summed E-state index contributed by atoms with van der Waals surface area (Å²) in [6.07, 6.45) is -0.763. The van der Waals surface area contributed by atoms with Crippen LogP contribution in [0, 0.1) is 5.82 Å². The fourth-order valence-corrected chi connectivity index (χ4v) is 2.12. The summed E-state index contributed by atoms with van der Waals surface area (Å²) in [5.41, 5.74) is 0.526. The van der Waals surface area contributed by atoms with Crippen LogP contribution < -0.4 is 9.47 Å². The molecule has 2 rings (SSSR count). The minimum absolute atomic E-state index is 0.348. The number of methoxy groups -OCH3 is 1. The van der Waals surface area contributed by atoms with Gasteiger partial charge in [-0.3, -0.25) is 0 Å². The molecule has 0 aliphatic rings. The maximum absolute atomic E-state index is 13.5. The quantitative estimate of drug-likeness (QED) is 0.893. The summed E-state index contributed by atoms with van der Waals surface area (Å²) >= 11 is 3.08. The van der Waals surface area contributed by atoms with Crippen LogP contribution in [0.15, 0.2) is 40.9 Å². The van der Waals surface area contributed by atoms with Gasteiger partial charge in [0.15, 0.2) is 0 Å². The number of hydrogen-bond donors (Lipinski definition) is 1. The number of hydrogen-bond acceptors (Lipinski definition) is 3. The molecule has 0 spiro atoms. The molecule has 106 valence electrons. The molecule has 20 heavy (non-hydrogen) atoms. The van der Waals surface area contributed by atoms with Gasteiger partial charge in [-0.15, -0.1) is 0 Å². The van der Waals surface area contributed by atoms with Crippen molar-refractivity contribution in [3.8, 4) is 17.2 Å². The van der Waals surface area contributed by atoms with Crippen molar-refractivity contribution in [1.82, 2.24) is 0 Å². The van der Waals surface area contributed by atoms with E-state index < -0.39 is 11.9 Å². The predicted octanol–water partition coefficient (Wildman–Crippen LogP) is 4.44. The van der Waals surface area contributed by atoms with Gasteiger partial charge in [-0.2, -0.15) is 0 Å². The second-order valence-electron chi connectivity index (χ2n) is 4.23. The molecular formula is C15H14BrFO3. The van der Waals surface area contributed by atoms with Crippen molar-refractivity contribution in [2.45, 2.75) is 13.0 Å². The summed E-state index contributed by atoms with van der Waals surface area (Å²) in [5.74, 6) is 0.890. The van der Waals surface area contributed by atoms with Gasteiger partial charge in [-0.1, -0.05) is 6.07 Å². The smallest absolute Gasteiger partial charge is 0.141 e. The van der Waals surface area contributed by atoms with Gasteiger partial charge in [-0.05, 0) is 47.1 Å². The van der Waals surface area contributed by atoms with E-state index in [4.69, 9.17) is 9.47 Å². The molecule has 0 amide bonds. The molecule has 5 heteroatoms. The van der Waals surface area contributed by atoms with E-state index in [0.29, 0.717) is 27.3 Å². The van der Waals surface area contributed by atoms with Gasteiger partial charge in [-0.25, -0.2) is 4.39 Å². The second-order valence-corrected chi connectivity index (χ2v) is 5.08. The molecule has 1 N–H and O–H groups in total. The highest BCUT2D eigenvalue weighted by Gasteiger charge is 2.16. The molecule has 3 nitrogen and oxygen atoms in total. The third kappa shape index (κ3) is 3.11. The molecular weight excluding hydrogens is 327 g/mol. The zero-order valence-corrected chi connectivity index (χ0v) is 12.6. The Balaban J connectivity index is 2.40. The molecule has 0 fully saturated rings. The Labute approximate surface area is 125 Å². The van der Waals surface area contributed by atoms with Crippen molar-refractivity contribution in [3.63, 3.8) is 0 Å². The third-order valence-corrected chi connectivity index (χ3v) is 3.43. The largest absolute Gasteiger partial charge is 0.496 e. The zero-order chi connectivity index (χ0) is 14.7. The van der Waals surface area contributed by atoms with Gasteiger partial charge in [0.2, 0.25) is 0 Å². The minimum atomic E-state index is -0.763. The molecule has 0 radical (unpaired) electrons. The number of aliphatic hydroxyl groups is 1. The normalized spacial score (nSPS) is 12.1. The first-order chi connectivity index (χ1) is 9.52. The van der Waals surface area contributed by atoms with E-state index in [1.807, 2.05) is 0 Å². The van der Waals surface area contributed by atoms with Gasteiger partial charge in [0, 0.05) is 6.07 Å². The fourth-order valence-electron chi connectivity index (χ4n) is 1.87. The molecule has 0 saturated carbocycles. The van der Waals surface area contributed by atoms with E-state index in [1.54, 1.807) is 37.3 Å². The Morgan fingerprint density at radius 3 is 2.50 bits per heavy atom. The Morgan fingerprint density at radius 2 is 1.90 bits per heavy atom. The van der Waals surface area contributed by atoms with Crippen LogP contribution in [0.2, 0.25) is 0 Å². The molecule has 1 atom stereocenters. The van der Waals surface area contributed by atoms with E-state index in [9.17, 15) is 9.50 Å². The monoisotopic (exact) mass is 340 g/mol. The van der Waals surface area contributed by atoms with Crippen molar-refractivity contribution in [2.75, 3.05) is 7.11 Å². The maximum atomic E-state index is 13.5. The van der Waals surface area contributed by atoms with Gasteiger partial charge >= 0.3 is 0 Å². The van der Waals surface area contributed by atoms with E-state index in [1.165, 1.54) is 13.2 Å². The lowest BCUT2D eigenvalue weighted by Gasteiger charge is -2.16. The molecule has 0 heterocycles. The predicted molar refractivity (Wildman–Crippen MR) is 77.8 cm³/mol. The summed E-state index contributed by atoms with van der Waals surface area (Å²) < 4.78 is 24.7. The molecule has 0 aromatic heterocycles. The summed E-state index contributed by atoms with van der Waals surface area (Å²) in [5, 5.41) is 9.85. The van der Waals surface area contributed by atoms with Crippen molar-refractivity contribution in [1.29, 1.82) is 0 Å². The van der Waals surface area contributed by atoms with Crippen LogP contribution in [0.25, 0.3) is 0 Å². The third-order valence-electron chi connectivity index (χ3n) is 2.78. The second kappa shape index (κ2) is 6.24. The first kappa shape index (κ1) is 14.8. The van der Waals surface area contributed by atoms with Crippen LogP contribution in [0.5, 0.6) is 17.2 Å².